The molecule has 192 valence electrons. The van der Waals surface area contributed by atoms with E-state index in [-0.39, 0.29) is 18.2 Å². The van der Waals surface area contributed by atoms with Crippen LogP contribution < -0.4 is 21.1 Å². The Labute approximate surface area is 221 Å². The number of hydrogen-bond acceptors (Lipinski definition) is 8. The first kappa shape index (κ1) is 26.2. The average Bonchev–Trinajstić information content (AvgIpc) is 2.88. The molecule has 0 bridgehead atoms. The summed E-state index contributed by atoms with van der Waals surface area (Å²) in [6.07, 6.45) is 1.28. The van der Waals surface area contributed by atoms with E-state index >= 15 is 0 Å². The zero-order valence-electron chi connectivity index (χ0n) is 21.2. The summed E-state index contributed by atoms with van der Waals surface area (Å²) in [5.41, 5.74) is 8.51. The van der Waals surface area contributed by atoms with Crippen molar-refractivity contribution in [2.45, 2.75) is 26.1 Å². The van der Waals surface area contributed by atoms with E-state index in [2.05, 4.69) is 9.97 Å². The van der Waals surface area contributed by atoms with E-state index in [9.17, 15) is 5.11 Å². The molecule has 9 heteroatoms. The van der Waals surface area contributed by atoms with E-state index in [1.807, 2.05) is 56.3 Å². The Hall–Kier alpha value is -3.85. The first-order chi connectivity index (χ1) is 17.7. The molecule has 2 aromatic carbocycles. The van der Waals surface area contributed by atoms with Crippen LogP contribution in [0, 0.1) is 13.8 Å². The summed E-state index contributed by atoms with van der Waals surface area (Å²) in [5.74, 6) is 6.69. The fraction of sp³-hybridized carbons (Fsp3) is 0.214. The number of ether oxygens (including phenoxy) is 2. The van der Waals surface area contributed by atoms with Crippen molar-refractivity contribution >= 4 is 22.5 Å². The lowest BCUT2D eigenvalue weighted by atomic mass is 9.82. The number of fused-ring (bicyclic) bond motifs is 1. The molecule has 0 aliphatic rings. The number of pyridine rings is 2. The highest BCUT2D eigenvalue weighted by atomic mass is 35.5. The third kappa shape index (κ3) is 4.91. The van der Waals surface area contributed by atoms with Crippen molar-refractivity contribution in [3.05, 3.63) is 106 Å². The third-order valence-corrected chi connectivity index (χ3v) is 6.58. The number of nitrogens with two attached hydrogens (primary N) is 2. The molecular formula is C28H30ClN5O3. The highest BCUT2D eigenvalue weighted by molar-refractivity contribution is 6.37. The summed E-state index contributed by atoms with van der Waals surface area (Å²) in [6.45, 7) is 3.99. The second-order valence-electron chi connectivity index (χ2n) is 8.73. The fourth-order valence-corrected chi connectivity index (χ4v) is 4.69. The number of likely N-dealkylation sites (N-methyl/N-ethyl adjacent to an activating group) is 1. The van der Waals surface area contributed by atoms with Gasteiger partial charge in [0.05, 0.1) is 23.3 Å². The summed E-state index contributed by atoms with van der Waals surface area (Å²) >= 11 is 6.87. The van der Waals surface area contributed by atoms with Gasteiger partial charge >= 0.3 is 0 Å². The van der Waals surface area contributed by atoms with Crippen LogP contribution in [-0.2, 0) is 12.2 Å². The maximum absolute atomic E-state index is 12.3. The minimum Gasteiger partial charge on any atom is -0.482 e. The normalized spacial score (nSPS) is 13.3. The maximum atomic E-state index is 12.3. The molecule has 0 aliphatic heterocycles. The first-order valence-corrected chi connectivity index (χ1v) is 12.0. The third-order valence-electron chi connectivity index (χ3n) is 6.21. The van der Waals surface area contributed by atoms with E-state index in [4.69, 9.17) is 32.7 Å². The van der Waals surface area contributed by atoms with Gasteiger partial charge in [0.25, 0.3) is 5.88 Å². The largest absolute Gasteiger partial charge is 0.482 e. The number of aromatic nitrogens is 2. The van der Waals surface area contributed by atoms with Gasteiger partial charge in [0.2, 0.25) is 5.75 Å². The summed E-state index contributed by atoms with van der Waals surface area (Å²) in [7, 11) is 3.12. The van der Waals surface area contributed by atoms with Crippen LogP contribution in [0.3, 0.4) is 0 Å². The summed E-state index contributed by atoms with van der Waals surface area (Å²) in [5, 5.41) is 14.5. The van der Waals surface area contributed by atoms with Crippen molar-refractivity contribution in [2.24, 2.45) is 11.6 Å². The lowest BCUT2D eigenvalue weighted by Gasteiger charge is -2.36. The lowest BCUT2D eigenvalue weighted by molar-refractivity contribution is 0.0870. The molecule has 0 saturated carbocycles. The molecule has 0 amide bonds. The predicted octanol–water partition coefficient (Wildman–Crippen LogP) is 4.33. The molecular weight excluding hydrogens is 490 g/mol. The molecule has 4 aromatic rings. The number of benzene rings is 2. The van der Waals surface area contributed by atoms with Crippen molar-refractivity contribution in [1.82, 2.24) is 15.0 Å². The molecule has 1 atom stereocenters. The molecule has 2 heterocycles. The quantitative estimate of drug-likeness (QED) is 0.232. The monoisotopic (exact) mass is 519 g/mol. The number of nitrogens with zero attached hydrogens (tertiary/aromatic N) is 3. The van der Waals surface area contributed by atoms with Crippen LogP contribution >= 0.6 is 11.6 Å². The molecule has 1 unspecified atom stereocenters. The molecule has 8 nitrogen and oxygen atoms in total. The van der Waals surface area contributed by atoms with Gasteiger partial charge in [-0.2, -0.15) is 0 Å². The maximum Gasteiger partial charge on any atom is 0.258 e. The van der Waals surface area contributed by atoms with Crippen LogP contribution in [0.25, 0.3) is 10.9 Å². The SMILES string of the molecule is COc1nc2ccc(C(O)(/C(=C/N)N(C)N)c3ccc(C)nc3C)cc2c(Cl)c1OCc1ccccc1. The van der Waals surface area contributed by atoms with Gasteiger partial charge in [-0.25, -0.2) is 10.8 Å². The van der Waals surface area contributed by atoms with E-state index < -0.39 is 5.60 Å². The minimum atomic E-state index is -1.73. The average molecular weight is 520 g/mol. The lowest BCUT2D eigenvalue weighted by Crippen LogP contribution is -2.42. The van der Waals surface area contributed by atoms with Gasteiger partial charge in [0.15, 0.2) is 5.60 Å². The van der Waals surface area contributed by atoms with E-state index in [1.165, 1.54) is 18.3 Å². The van der Waals surface area contributed by atoms with E-state index in [0.717, 1.165) is 11.3 Å². The Kier molecular flexibility index (Phi) is 7.54. The summed E-state index contributed by atoms with van der Waals surface area (Å²) in [6, 6.07) is 18.6. The Morgan fingerprint density at radius 1 is 1.11 bits per heavy atom. The molecule has 37 heavy (non-hydrogen) atoms. The van der Waals surface area contributed by atoms with E-state index in [1.54, 1.807) is 25.2 Å². The number of aryl methyl sites for hydroxylation is 2. The van der Waals surface area contributed by atoms with Crippen LogP contribution in [0.4, 0.5) is 0 Å². The Bertz CT molecular complexity index is 1460. The number of methoxy groups -OCH3 is 1. The fourth-order valence-electron chi connectivity index (χ4n) is 4.41. The van der Waals surface area contributed by atoms with Crippen molar-refractivity contribution in [3.8, 4) is 11.6 Å². The molecule has 0 saturated heterocycles. The topological polar surface area (TPSA) is 120 Å². The molecule has 0 aliphatic carbocycles. The van der Waals surface area contributed by atoms with Crippen LogP contribution in [0.2, 0.25) is 5.02 Å². The summed E-state index contributed by atoms with van der Waals surface area (Å²) in [4.78, 5) is 9.14. The molecule has 4 rings (SSSR count). The zero-order valence-corrected chi connectivity index (χ0v) is 22.0. The molecule has 2 aromatic heterocycles. The number of aliphatic hydroxyl groups is 1. The number of rotatable bonds is 8. The van der Waals surface area contributed by atoms with Crippen LogP contribution in [0.1, 0.15) is 28.1 Å². The van der Waals surface area contributed by atoms with Gasteiger partial charge in [-0.05, 0) is 43.2 Å². The number of halogens is 1. The molecule has 0 fully saturated rings. The second-order valence-corrected chi connectivity index (χ2v) is 9.11. The smallest absolute Gasteiger partial charge is 0.258 e. The summed E-state index contributed by atoms with van der Waals surface area (Å²) < 4.78 is 11.5. The highest BCUT2D eigenvalue weighted by Crippen LogP contribution is 2.43. The van der Waals surface area contributed by atoms with Crippen molar-refractivity contribution in [1.29, 1.82) is 0 Å². The number of hydrogen-bond donors (Lipinski definition) is 3. The van der Waals surface area contributed by atoms with Crippen LogP contribution in [0.5, 0.6) is 11.6 Å². The first-order valence-electron chi connectivity index (χ1n) is 11.6. The van der Waals surface area contributed by atoms with Gasteiger partial charge in [-0.1, -0.05) is 54.1 Å². The molecule has 5 N–H and O–H groups in total. The highest BCUT2D eigenvalue weighted by Gasteiger charge is 2.40. The van der Waals surface area contributed by atoms with Gasteiger partial charge < -0.3 is 25.3 Å². The standard InChI is InChI=1S/C28H30ClN5O3/c1-17-10-12-22(18(2)32-17)28(35,24(15-30)34(3)31)20-11-13-23-21(14-20)25(29)26(27(33-23)36-4)37-16-19-8-6-5-7-9-19/h5-15,35H,16,30-31H2,1-4H3/b24-15-. The van der Waals surface area contributed by atoms with Gasteiger partial charge in [0, 0.05) is 35.6 Å². The van der Waals surface area contributed by atoms with E-state index in [0.29, 0.717) is 38.5 Å². The van der Waals surface area contributed by atoms with Crippen LogP contribution in [-0.4, -0.2) is 34.2 Å². The van der Waals surface area contributed by atoms with Crippen LogP contribution in [0.15, 0.2) is 72.6 Å². The van der Waals surface area contributed by atoms with Gasteiger partial charge in [-0.15, -0.1) is 0 Å². The van der Waals surface area contributed by atoms with Gasteiger partial charge in [0.1, 0.15) is 6.61 Å². The molecule has 0 radical (unpaired) electrons. The number of hydrazine groups is 1. The zero-order chi connectivity index (χ0) is 26.7. The molecule has 0 spiro atoms. The second kappa shape index (κ2) is 10.6. The Balaban J connectivity index is 1.91. The predicted molar refractivity (Wildman–Crippen MR) is 145 cm³/mol. The van der Waals surface area contributed by atoms with Crippen molar-refractivity contribution < 1.29 is 14.6 Å². The van der Waals surface area contributed by atoms with Crippen molar-refractivity contribution in [3.63, 3.8) is 0 Å². The Morgan fingerprint density at radius 3 is 2.46 bits per heavy atom. The van der Waals surface area contributed by atoms with Crippen molar-refractivity contribution in [2.75, 3.05) is 14.2 Å². The van der Waals surface area contributed by atoms with Gasteiger partial charge in [-0.3, -0.25) is 4.98 Å². The minimum absolute atomic E-state index is 0.263. The Morgan fingerprint density at radius 2 is 1.84 bits per heavy atom.